The number of benzene rings is 2. The Morgan fingerprint density at radius 1 is 1.10 bits per heavy atom. The molecule has 0 amide bonds. The summed E-state index contributed by atoms with van der Waals surface area (Å²) in [6.45, 7) is 7.35. The van der Waals surface area contributed by atoms with E-state index < -0.39 is 0 Å². The lowest BCUT2D eigenvalue weighted by molar-refractivity contribution is 0.245. The number of thiocarbonyl (C=S) groups is 1. The van der Waals surface area contributed by atoms with Gasteiger partial charge in [-0.25, -0.2) is 0 Å². The maximum absolute atomic E-state index is 5.95. The average Bonchev–Trinajstić information content (AvgIpc) is 2.37. The van der Waals surface area contributed by atoms with Crippen LogP contribution in [-0.2, 0) is 0 Å². The van der Waals surface area contributed by atoms with E-state index in [4.69, 9.17) is 22.7 Å². The van der Waals surface area contributed by atoms with Gasteiger partial charge in [0.1, 0.15) is 10.7 Å². The molecule has 0 aliphatic heterocycles. The molecule has 2 aromatic carbocycles. The molecule has 0 unspecified atom stereocenters. The Kier molecular flexibility index (Phi) is 4.29. The van der Waals surface area contributed by atoms with E-state index in [1.807, 2.05) is 36.4 Å². The summed E-state index contributed by atoms with van der Waals surface area (Å²) in [4.78, 5) is 0.419. The fraction of sp³-hybridized carbons (Fsp3) is 0.353. The number of nitrogens with two attached hydrogens (primary N) is 1. The molecule has 20 heavy (non-hydrogen) atoms. The molecule has 0 aromatic heterocycles. The predicted octanol–water partition coefficient (Wildman–Crippen LogP) is 4.29. The van der Waals surface area contributed by atoms with E-state index in [0.717, 1.165) is 28.5 Å². The van der Waals surface area contributed by atoms with Crippen LogP contribution in [0.4, 0.5) is 0 Å². The highest BCUT2D eigenvalue weighted by atomic mass is 32.1. The van der Waals surface area contributed by atoms with Crippen LogP contribution in [0, 0.1) is 5.41 Å². The molecule has 2 nitrogen and oxygen atoms in total. The van der Waals surface area contributed by atoms with E-state index >= 15 is 0 Å². The lowest BCUT2D eigenvalue weighted by Gasteiger charge is -2.19. The molecule has 0 aliphatic carbocycles. The monoisotopic (exact) mass is 287 g/mol. The summed E-state index contributed by atoms with van der Waals surface area (Å²) < 4.78 is 5.95. The lowest BCUT2D eigenvalue weighted by atomic mass is 9.93. The van der Waals surface area contributed by atoms with Gasteiger partial charge >= 0.3 is 0 Å². The lowest BCUT2D eigenvalue weighted by Crippen LogP contribution is -2.12. The van der Waals surface area contributed by atoms with Crippen LogP contribution in [0.5, 0.6) is 5.75 Å². The minimum absolute atomic E-state index is 0.272. The second kappa shape index (κ2) is 5.80. The van der Waals surface area contributed by atoms with Crippen molar-refractivity contribution in [2.45, 2.75) is 27.2 Å². The summed E-state index contributed by atoms with van der Waals surface area (Å²) in [6, 6.07) is 12.0. The Morgan fingerprint density at radius 2 is 1.75 bits per heavy atom. The Balaban J connectivity index is 2.31. The quantitative estimate of drug-likeness (QED) is 0.852. The first kappa shape index (κ1) is 14.8. The zero-order valence-electron chi connectivity index (χ0n) is 12.3. The zero-order valence-corrected chi connectivity index (χ0v) is 13.1. The summed E-state index contributed by atoms with van der Waals surface area (Å²) in [5.74, 6) is 0.893. The maximum atomic E-state index is 5.95. The molecular weight excluding hydrogens is 266 g/mol. The van der Waals surface area contributed by atoms with Crippen LogP contribution >= 0.6 is 12.2 Å². The first-order valence-electron chi connectivity index (χ1n) is 6.83. The van der Waals surface area contributed by atoms with Crippen LogP contribution in [0.3, 0.4) is 0 Å². The fourth-order valence-electron chi connectivity index (χ4n) is 2.08. The maximum Gasteiger partial charge on any atom is 0.127 e. The van der Waals surface area contributed by atoms with Gasteiger partial charge in [-0.15, -0.1) is 0 Å². The number of ether oxygens (including phenoxy) is 1. The summed E-state index contributed by atoms with van der Waals surface area (Å²) in [5.41, 5.74) is 6.95. The molecule has 106 valence electrons. The third-order valence-corrected chi connectivity index (χ3v) is 3.48. The highest BCUT2D eigenvalue weighted by molar-refractivity contribution is 7.80. The van der Waals surface area contributed by atoms with Crippen molar-refractivity contribution in [3.63, 3.8) is 0 Å². The van der Waals surface area contributed by atoms with Crippen molar-refractivity contribution in [3.05, 3.63) is 42.0 Å². The smallest absolute Gasteiger partial charge is 0.127 e. The third-order valence-electron chi connectivity index (χ3n) is 3.26. The second-order valence-electron chi connectivity index (χ2n) is 6.18. The molecule has 0 atom stereocenters. The van der Waals surface area contributed by atoms with Crippen molar-refractivity contribution in [1.29, 1.82) is 0 Å². The summed E-state index contributed by atoms with van der Waals surface area (Å²) >= 11 is 5.11. The van der Waals surface area contributed by atoms with E-state index in [0.29, 0.717) is 11.6 Å². The number of hydrogen-bond donors (Lipinski definition) is 1. The topological polar surface area (TPSA) is 35.2 Å². The largest absolute Gasteiger partial charge is 0.493 e. The van der Waals surface area contributed by atoms with Crippen molar-refractivity contribution in [3.8, 4) is 5.75 Å². The van der Waals surface area contributed by atoms with Crippen LogP contribution in [0.1, 0.15) is 32.8 Å². The van der Waals surface area contributed by atoms with Crippen molar-refractivity contribution >= 4 is 28.0 Å². The normalized spacial score (nSPS) is 11.6. The van der Waals surface area contributed by atoms with E-state index in [9.17, 15) is 0 Å². The molecule has 0 aliphatic rings. The molecule has 2 aromatic rings. The molecule has 0 saturated carbocycles. The molecule has 0 spiro atoms. The Bertz CT molecular complexity index is 628. The fourth-order valence-corrected chi connectivity index (χ4v) is 2.26. The van der Waals surface area contributed by atoms with Gasteiger partial charge in [0.05, 0.1) is 6.61 Å². The number of rotatable bonds is 4. The van der Waals surface area contributed by atoms with Gasteiger partial charge in [-0.2, -0.15) is 0 Å². The summed E-state index contributed by atoms with van der Waals surface area (Å²) in [6.07, 6.45) is 1.01. The van der Waals surface area contributed by atoms with Gasteiger partial charge in [-0.3, -0.25) is 0 Å². The van der Waals surface area contributed by atoms with Gasteiger partial charge in [-0.05, 0) is 29.4 Å². The predicted molar refractivity (Wildman–Crippen MR) is 89.4 cm³/mol. The Hall–Kier alpha value is -1.61. The average molecular weight is 287 g/mol. The Morgan fingerprint density at radius 3 is 2.35 bits per heavy atom. The summed E-state index contributed by atoms with van der Waals surface area (Å²) in [5, 5.41) is 2.11. The van der Waals surface area contributed by atoms with Crippen molar-refractivity contribution in [2.75, 3.05) is 6.61 Å². The second-order valence-corrected chi connectivity index (χ2v) is 6.62. The molecule has 0 bridgehead atoms. The molecule has 2 N–H and O–H groups in total. The van der Waals surface area contributed by atoms with Gasteiger partial charge in [0.15, 0.2) is 0 Å². The van der Waals surface area contributed by atoms with Crippen LogP contribution in [0.2, 0.25) is 0 Å². The van der Waals surface area contributed by atoms with Crippen LogP contribution < -0.4 is 10.5 Å². The van der Waals surface area contributed by atoms with Crippen LogP contribution in [0.25, 0.3) is 10.8 Å². The Labute approximate surface area is 125 Å². The zero-order chi connectivity index (χ0) is 14.8. The molecule has 3 heteroatoms. The standard InChI is InChI=1S/C17H21NOS/c1-17(2,3)10-11-19-15-9-8-14(16(18)20)12-6-4-5-7-13(12)15/h4-9H,10-11H2,1-3H3,(H2,18,20). The number of fused-ring (bicyclic) bond motifs is 1. The summed E-state index contributed by atoms with van der Waals surface area (Å²) in [7, 11) is 0. The van der Waals surface area contributed by atoms with Gasteiger partial charge < -0.3 is 10.5 Å². The minimum atomic E-state index is 0.272. The SMILES string of the molecule is CC(C)(C)CCOc1ccc(C(N)=S)c2ccccc12. The van der Waals surface area contributed by atoms with Crippen LogP contribution in [0.15, 0.2) is 36.4 Å². The van der Waals surface area contributed by atoms with Crippen LogP contribution in [-0.4, -0.2) is 11.6 Å². The van der Waals surface area contributed by atoms with Crippen molar-refractivity contribution in [2.24, 2.45) is 11.1 Å². The van der Waals surface area contributed by atoms with E-state index in [1.54, 1.807) is 0 Å². The molecule has 0 heterocycles. The van der Waals surface area contributed by atoms with Crippen molar-refractivity contribution in [1.82, 2.24) is 0 Å². The van der Waals surface area contributed by atoms with Gasteiger partial charge in [0.25, 0.3) is 0 Å². The molecular formula is C17H21NOS. The molecule has 0 saturated heterocycles. The molecule has 0 fully saturated rings. The highest BCUT2D eigenvalue weighted by Gasteiger charge is 2.12. The first-order valence-corrected chi connectivity index (χ1v) is 7.24. The van der Waals surface area contributed by atoms with Gasteiger partial charge in [-0.1, -0.05) is 57.3 Å². The van der Waals surface area contributed by atoms with E-state index in [-0.39, 0.29) is 5.41 Å². The van der Waals surface area contributed by atoms with Gasteiger partial charge in [0.2, 0.25) is 0 Å². The van der Waals surface area contributed by atoms with E-state index in [1.165, 1.54) is 0 Å². The third kappa shape index (κ3) is 3.48. The number of hydrogen-bond acceptors (Lipinski definition) is 2. The molecule has 2 rings (SSSR count). The molecule has 0 radical (unpaired) electrons. The van der Waals surface area contributed by atoms with Gasteiger partial charge in [0, 0.05) is 10.9 Å². The van der Waals surface area contributed by atoms with Crippen molar-refractivity contribution < 1.29 is 4.74 Å². The highest BCUT2D eigenvalue weighted by Crippen LogP contribution is 2.29. The minimum Gasteiger partial charge on any atom is -0.493 e. The van der Waals surface area contributed by atoms with E-state index in [2.05, 4.69) is 20.8 Å². The first-order chi connectivity index (χ1) is 9.38.